The predicted molar refractivity (Wildman–Crippen MR) is 80.1 cm³/mol. The number of nitrogens with one attached hydrogen (secondary N) is 2. The Balaban J connectivity index is 1.88. The largest absolute Gasteiger partial charge is 0.481 e. The third kappa shape index (κ3) is 5.23. The maximum absolute atomic E-state index is 11.6. The molecule has 1 aliphatic heterocycles. The van der Waals surface area contributed by atoms with Gasteiger partial charge in [0.1, 0.15) is 5.75 Å². The summed E-state index contributed by atoms with van der Waals surface area (Å²) < 4.78 is 5.11. The average molecular weight is 318 g/mol. The smallest absolute Gasteiger partial charge is 0.341 e. The summed E-state index contributed by atoms with van der Waals surface area (Å²) in [6.07, 6.45) is 1.41. The Hall–Kier alpha value is -3.23. The van der Waals surface area contributed by atoms with E-state index in [2.05, 4.69) is 21.1 Å². The third-order valence-electron chi connectivity index (χ3n) is 2.73. The van der Waals surface area contributed by atoms with Crippen molar-refractivity contribution in [2.75, 3.05) is 6.61 Å². The highest BCUT2D eigenvalue weighted by atomic mass is 16.5. The van der Waals surface area contributed by atoms with Crippen LogP contribution in [0.1, 0.15) is 18.4 Å². The zero-order valence-electron chi connectivity index (χ0n) is 12.0. The summed E-state index contributed by atoms with van der Waals surface area (Å²) in [6, 6.07) is 6.67. The van der Waals surface area contributed by atoms with Crippen LogP contribution in [0.4, 0.5) is 0 Å². The number of rotatable bonds is 7. The molecule has 1 aromatic rings. The van der Waals surface area contributed by atoms with Crippen LogP contribution < -0.4 is 15.6 Å². The van der Waals surface area contributed by atoms with Crippen molar-refractivity contribution in [3.8, 4) is 5.75 Å². The lowest BCUT2D eigenvalue weighted by atomic mass is 10.2. The molecule has 0 fully saturated rings. The van der Waals surface area contributed by atoms with Crippen molar-refractivity contribution >= 4 is 29.7 Å². The van der Waals surface area contributed by atoms with Gasteiger partial charge in [-0.1, -0.05) is 12.1 Å². The summed E-state index contributed by atoms with van der Waals surface area (Å²) >= 11 is 0. The standard InChI is InChI=1S/C14H14N4O5/c19-12(5-10-6-13(20)18-16-10)17-15-7-9-3-1-2-4-11(9)23-8-14(21)22/h1-4,7H,5-6,8H2,(H,17,19)(H,18,20)(H,21,22)/b15-7+. The molecule has 2 amide bonds. The van der Waals surface area contributed by atoms with Crippen molar-refractivity contribution < 1.29 is 24.2 Å². The van der Waals surface area contributed by atoms with Gasteiger partial charge in [0.15, 0.2) is 6.61 Å². The molecule has 9 heteroatoms. The zero-order chi connectivity index (χ0) is 16.7. The molecule has 0 bridgehead atoms. The number of carboxylic acids is 1. The van der Waals surface area contributed by atoms with Gasteiger partial charge < -0.3 is 9.84 Å². The van der Waals surface area contributed by atoms with E-state index in [1.807, 2.05) is 0 Å². The molecule has 0 radical (unpaired) electrons. The van der Waals surface area contributed by atoms with Gasteiger partial charge in [-0.2, -0.15) is 10.2 Å². The summed E-state index contributed by atoms with van der Waals surface area (Å²) in [7, 11) is 0. The lowest BCUT2D eigenvalue weighted by Gasteiger charge is -2.06. The van der Waals surface area contributed by atoms with Gasteiger partial charge in [0.05, 0.1) is 24.8 Å². The van der Waals surface area contributed by atoms with E-state index >= 15 is 0 Å². The molecule has 9 nitrogen and oxygen atoms in total. The van der Waals surface area contributed by atoms with Crippen LogP contribution in [0, 0.1) is 0 Å². The van der Waals surface area contributed by atoms with Crippen LogP contribution >= 0.6 is 0 Å². The molecule has 3 N–H and O–H groups in total. The number of aliphatic carboxylic acids is 1. The van der Waals surface area contributed by atoms with Crippen molar-refractivity contribution in [1.29, 1.82) is 0 Å². The maximum Gasteiger partial charge on any atom is 0.341 e. The third-order valence-corrected chi connectivity index (χ3v) is 2.73. The van der Waals surface area contributed by atoms with Gasteiger partial charge in [-0.05, 0) is 12.1 Å². The summed E-state index contributed by atoms with van der Waals surface area (Å²) in [5.41, 5.74) is 5.51. The van der Waals surface area contributed by atoms with Crippen LogP contribution in [-0.2, 0) is 14.4 Å². The number of ether oxygens (including phenoxy) is 1. The molecule has 23 heavy (non-hydrogen) atoms. The van der Waals surface area contributed by atoms with Crippen LogP contribution in [0.5, 0.6) is 5.75 Å². The van der Waals surface area contributed by atoms with Gasteiger partial charge >= 0.3 is 5.97 Å². The number of para-hydroxylation sites is 1. The fourth-order valence-electron chi connectivity index (χ4n) is 1.76. The molecule has 0 aromatic heterocycles. The van der Waals surface area contributed by atoms with E-state index in [0.717, 1.165) is 0 Å². The number of carbonyl (C=O) groups excluding carboxylic acids is 2. The number of carbonyl (C=O) groups is 3. The highest BCUT2D eigenvalue weighted by molar-refractivity contribution is 6.11. The normalized spacial score (nSPS) is 13.6. The highest BCUT2D eigenvalue weighted by Gasteiger charge is 2.17. The number of carboxylic acid groups (broad SMARTS) is 1. The van der Waals surface area contributed by atoms with E-state index in [4.69, 9.17) is 9.84 Å². The molecule has 1 heterocycles. The topological polar surface area (TPSA) is 129 Å². The van der Waals surface area contributed by atoms with Gasteiger partial charge in [-0.25, -0.2) is 15.6 Å². The molecular formula is C14H14N4O5. The van der Waals surface area contributed by atoms with Gasteiger partial charge in [-0.3, -0.25) is 9.59 Å². The Morgan fingerprint density at radius 1 is 1.43 bits per heavy atom. The first-order valence-corrected chi connectivity index (χ1v) is 6.64. The molecule has 0 saturated carbocycles. The zero-order valence-corrected chi connectivity index (χ0v) is 12.0. The molecule has 1 aromatic carbocycles. The van der Waals surface area contributed by atoms with Crippen LogP contribution in [0.2, 0.25) is 0 Å². The minimum atomic E-state index is -1.09. The molecule has 0 unspecified atom stereocenters. The Bertz CT molecular complexity index is 684. The minimum absolute atomic E-state index is 0.0345. The second-order valence-electron chi connectivity index (χ2n) is 4.58. The fraction of sp³-hybridized carbons (Fsp3) is 0.214. The number of nitrogens with zero attached hydrogens (tertiary/aromatic N) is 2. The predicted octanol–water partition coefficient (Wildman–Crippen LogP) is -0.134. The second-order valence-corrected chi connectivity index (χ2v) is 4.58. The minimum Gasteiger partial charge on any atom is -0.481 e. The van der Waals surface area contributed by atoms with Crippen molar-refractivity contribution in [2.45, 2.75) is 12.8 Å². The quantitative estimate of drug-likeness (QED) is 0.476. The molecular weight excluding hydrogens is 304 g/mol. The number of amides is 2. The highest BCUT2D eigenvalue weighted by Crippen LogP contribution is 2.15. The maximum atomic E-state index is 11.6. The first-order valence-electron chi connectivity index (χ1n) is 6.64. The van der Waals surface area contributed by atoms with E-state index < -0.39 is 18.5 Å². The Morgan fingerprint density at radius 3 is 2.91 bits per heavy atom. The molecule has 0 spiro atoms. The van der Waals surface area contributed by atoms with E-state index in [9.17, 15) is 14.4 Å². The Kier molecular flexibility index (Phi) is 5.40. The molecule has 1 aliphatic rings. The molecule has 2 rings (SSSR count). The van der Waals surface area contributed by atoms with Crippen molar-refractivity contribution in [3.05, 3.63) is 29.8 Å². The van der Waals surface area contributed by atoms with E-state index in [-0.39, 0.29) is 18.7 Å². The molecule has 0 aliphatic carbocycles. The van der Waals surface area contributed by atoms with Crippen molar-refractivity contribution in [2.24, 2.45) is 10.2 Å². The van der Waals surface area contributed by atoms with Crippen LogP contribution in [-0.4, -0.2) is 41.4 Å². The first kappa shape index (κ1) is 16.1. The Morgan fingerprint density at radius 2 is 2.22 bits per heavy atom. The van der Waals surface area contributed by atoms with E-state index in [0.29, 0.717) is 17.0 Å². The van der Waals surface area contributed by atoms with Crippen LogP contribution in [0.15, 0.2) is 34.5 Å². The van der Waals surface area contributed by atoms with Crippen LogP contribution in [0.25, 0.3) is 0 Å². The SMILES string of the molecule is O=C(O)COc1ccccc1/C=N/NC(=O)CC1=NNC(=O)C1. The molecule has 0 saturated heterocycles. The lowest BCUT2D eigenvalue weighted by Crippen LogP contribution is -2.20. The second kappa shape index (κ2) is 7.69. The number of hydrogen-bond donors (Lipinski definition) is 3. The number of benzene rings is 1. The van der Waals surface area contributed by atoms with Crippen LogP contribution in [0.3, 0.4) is 0 Å². The number of hydrazone groups is 2. The van der Waals surface area contributed by atoms with Gasteiger partial charge in [0.25, 0.3) is 0 Å². The summed E-state index contributed by atoms with van der Waals surface area (Å²) in [5, 5.41) is 16.1. The first-order chi connectivity index (χ1) is 11.0. The average Bonchev–Trinajstić information content (AvgIpc) is 2.91. The Labute approximate surface area is 131 Å². The number of hydrogen-bond acceptors (Lipinski definition) is 6. The molecule has 0 atom stereocenters. The lowest BCUT2D eigenvalue weighted by molar-refractivity contribution is -0.139. The summed E-state index contributed by atoms with van der Waals surface area (Å²) in [6.45, 7) is -0.474. The van der Waals surface area contributed by atoms with E-state index in [1.54, 1.807) is 24.3 Å². The van der Waals surface area contributed by atoms with Gasteiger partial charge in [0, 0.05) is 5.56 Å². The summed E-state index contributed by atoms with van der Waals surface area (Å²) in [5.74, 6) is -1.42. The fourth-order valence-corrected chi connectivity index (χ4v) is 1.76. The summed E-state index contributed by atoms with van der Waals surface area (Å²) in [4.78, 5) is 33.1. The monoisotopic (exact) mass is 318 g/mol. The van der Waals surface area contributed by atoms with Gasteiger partial charge in [-0.15, -0.1) is 0 Å². The van der Waals surface area contributed by atoms with E-state index in [1.165, 1.54) is 6.21 Å². The van der Waals surface area contributed by atoms with Crippen molar-refractivity contribution in [3.63, 3.8) is 0 Å². The van der Waals surface area contributed by atoms with Crippen molar-refractivity contribution in [1.82, 2.24) is 10.9 Å². The molecule has 120 valence electrons. The van der Waals surface area contributed by atoms with Gasteiger partial charge in [0.2, 0.25) is 11.8 Å².